The normalized spacial score (nSPS) is 12.3. The van der Waals surface area contributed by atoms with Gasteiger partial charge in [-0.2, -0.15) is 0 Å². The van der Waals surface area contributed by atoms with Gasteiger partial charge in [-0.1, -0.05) is 6.07 Å². The van der Waals surface area contributed by atoms with E-state index >= 15 is 0 Å². The second-order valence-electron chi connectivity index (χ2n) is 3.87. The summed E-state index contributed by atoms with van der Waals surface area (Å²) in [5.74, 6) is 0. The molecule has 0 saturated carbocycles. The van der Waals surface area contributed by atoms with Gasteiger partial charge in [0, 0.05) is 21.2 Å². The minimum absolute atomic E-state index is 0.615. The van der Waals surface area contributed by atoms with Crippen LogP contribution >= 0.6 is 0 Å². The van der Waals surface area contributed by atoms with Crippen molar-refractivity contribution >= 4 is 22.2 Å². The molecule has 0 amide bonds. The molecule has 17 heavy (non-hydrogen) atoms. The molecule has 0 bridgehead atoms. The molecule has 88 valence electrons. The van der Waals surface area contributed by atoms with E-state index in [1.54, 1.807) is 30.3 Å². The number of benzene rings is 2. The summed E-state index contributed by atoms with van der Waals surface area (Å²) < 4.78 is 12.3. The Hall–Kier alpha value is -1.81. The van der Waals surface area contributed by atoms with Gasteiger partial charge in [0.25, 0.3) is 0 Å². The molecule has 0 spiro atoms. The van der Waals surface area contributed by atoms with Gasteiger partial charge in [0.05, 0.1) is 10.8 Å². The van der Waals surface area contributed by atoms with Crippen molar-refractivity contribution in [1.29, 1.82) is 0 Å². The maximum atomic E-state index is 12.3. The third-order valence-corrected chi connectivity index (χ3v) is 4.01. The van der Waals surface area contributed by atoms with E-state index in [0.29, 0.717) is 16.3 Å². The number of nitrogens with two attached hydrogens (primary N) is 2. The molecule has 0 aliphatic carbocycles. The first-order chi connectivity index (χ1) is 8.08. The zero-order valence-electron chi connectivity index (χ0n) is 9.51. The highest BCUT2D eigenvalue weighted by Crippen LogP contribution is 2.22. The van der Waals surface area contributed by atoms with E-state index in [1.807, 2.05) is 19.1 Å². The van der Waals surface area contributed by atoms with Gasteiger partial charge in [-0.25, -0.2) is 4.21 Å². The largest absolute Gasteiger partial charge is 0.399 e. The summed E-state index contributed by atoms with van der Waals surface area (Å²) in [6.45, 7) is 1.90. The Labute approximate surface area is 103 Å². The van der Waals surface area contributed by atoms with Crippen LogP contribution in [0.15, 0.2) is 52.3 Å². The molecule has 1 atom stereocenters. The maximum Gasteiger partial charge on any atom is 0.0853 e. The van der Waals surface area contributed by atoms with E-state index in [2.05, 4.69) is 0 Å². The average molecular weight is 246 g/mol. The van der Waals surface area contributed by atoms with E-state index < -0.39 is 10.8 Å². The zero-order valence-corrected chi connectivity index (χ0v) is 10.3. The van der Waals surface area contributed by atoms with Crippen LogP contribution in [0.1, 0.15) is 5.56 Å². The van der Waals surface area contributed by atoms with Gasteiger partial charge in [-0.15, -0.1) is 0 Å². The van der Waals surface area contributed by atoms with Crippen molar-refractivity contribution < 1.29 is 4.21 Å². The third kappa shape index (κ3) is 2.47. The van der Waals surface area contributed by atoms with Crippen LogP contribution in [0.4, 0.5) is 11.4 Å². The molecule has 0 heterocycles. The summed E-state index contributed by atoms with van der Waals surface area (Å²) in [5, 5.41) is 0. The van der Waals surface area contributed by atoms with Gasteiger partial charge in [-0.05, 0) is 48.9 Å². The van der Waals surface area contributed by atoms with E-state index in [9.17, 15) is 4.21 Å². The minimum Gasteiger partial charge on any atom is -0.399 e. The van der Waals surface area contributed by atoms with Crippen LogP contribution in [-0.4, -0.2) is 4.21 Å². The average Bonchev–Trinajstić information content (AvgIpc) is 2.28. The summed E-state index contributed by atoms with van der Waals surface area (Å²) in [7, 11) is -1.21. The summed E-state index contributed by atoms with van der Waals surface area (Å²) in [5.41, 5.74) is 13.6. The second kappa shape index (κ2) is 4.59. The summed E-state index contributed by atoms with van der Waals surface area (Å²) in [6, 6.07) is 12.5. The van der Waals surface area contributed by atoms with Crippen molar-refractivity contribution in [1.82, 2.24) is 0 Å². The van der Waals surface area contributed by atoms with E-state index in [-0.39, 0.29) is 0 Å². The first kappa shape index (κ1) is 11.7. The predicted molar refractivity (Wildman–Crippen MR) is 71.1 cm³/mol. The fraction of sp³-hybridized carbons (Fsp3) is 0.0769. The van der Waals surface area contributed by atoms with Crippen molar-refractivity contribution in [2.75, 3.05) is 11.5 Å². The lowest BCUT2D eigenvalue weighted by molar-refractivity contribution is 0.682. The van der Waals surface area contributed by atoms with Crippen LogP contribution in [0.3, 0.4) is 0 Å². The van der Waals surface area contributed by atoms with Gasteiger partial charge in [-0.3, -0.25) is 0 Å². The zero-order chi connectivity index (χ0) is 12.4. The number of hydrogen-bond donors (Lipinski definition) is 2. The molecule has 0 fully saturated rings. The standard InChI is InChI=1S/C13H14N2OS/c1-9-7-11(15)5-6-13(9)17(16)12-4-2-3-10(14)8-12/h2-8H,14-15H2,1H3. The number of nitrogen functional groups attached to an aromatic ring is 2. The lowest BCUT2D eigenvalue weighted by atomic mass is 10.2. The van der Waals surface area contributed by atoms with Crippen molar-refractivity contribution in [2.45, 2.75) is 16.7 Å². The highest BCUT2D eigenvalue weighted by Gasteiger charge is 2.10. The van der Waals surface area contributed by atoms with Crippen molar-refractivity contribution in [3.05, 3.63) is 48.0 Å². The van der Waals surface area contributed by atoms with Gasteiger partial charge < -0.3 is 11.5 Å². The van der Waals surface area contributed by atoms with Gasteiger partial charge in [0.2, 0.25) is 0 Å². The highest BCUT2D eigenvalue weighted by molar-refractivity contribution is 7.85. The molecule has 4 N–H and O–H groups in total. The number of anilines is 2. The Kier molecular flexibility index (Phi) is 3.15. The molecule has 0 aliphatic rings. The predicted octanol–water partition coefficient (Wildman–Crippen LogP) is 2.33. The Morgan fingerprint density at radius 1 is 1.00 bits per heavy atom. The van der Waals surface area contributed by atoms with Gasteiger partial charge in [0.15, 0.2) is 0 Å². The maximum absolute atomic E-state index is 12.3. The van der Waals surface area contributed by atoms with E-state index in [0.717, 1.165) is 10.5 Å². The Bertz CT molecular complexity index is 581. The smallest absolute Gasteiger partial charge is 0.0853 e. The molecular formula is C13H14N2OS. The fourth-order valence-electron chi connectivity index (χ4n) is 1.64. The first-order valence-electron chi connectivity index (χ1n) is 5.21. The first-order valence-corrected chi connectivity index (χ1v) is 6.36. The molecular weight excluding hydrogens is 232 g/mol. The minimum atomic E-state index is -1.21. The van der Waals surface area contributed by atoms with Crippen LogP contribution in [0, 0.1) is 6.92 Å². The molecule has 2 rings (SSSR count). The summed E-state index contributed by atoms with van der Waals surface area (Å²) >= 11 is 0. The van der Waals surface area contributed by atoms with Crippen molar-refractivity contribution in [3.8, 4) is 0 Å². The molecule has 1 unspecified atom stereocenters. The van der Waals surface area contributed by atoms with Gasteiger partial charge in [0.1, 0.15) is 0 Å². The quantitative estimate of drug-likeness (QED) is 0.799. The number of hydrogen-bond acceptors (Lipinski definition) is 3. The Morgan fingerprint density at radius 2 is 1.71 bits per heavy atom. The SMILES string of the molecule is Cc1cc(N)ccc1S(=O)c1cccc(N)c1. The van der Waals surface area contributed by atoms with E-state index in [4.69, 9.17) is 11.5 Å². The Balaban J connectivity index is 2.44. The number of rotatable bonds is 2. The number of aryl methyl sites for hydroxylation is 1. The Morgan fingerprint density at radius 3 is 2.35 bits per heavy atom. The molecule has 4 heteroatoms. The van der Waals surface area contributed by atoms with Crippen molar-refractivity contribution in [2.24, 2.45) is 0 Å². The van der Waals surface area contributed by atoms with Crippen LogP contribution in [0.5, 0.6) is 0 Å². The molecule has 2 aromatic rings. The van der Waals surface area contributed by atoms with Crippen molar-refractivity contribution in [3.63, 3.8) is 0 Å². The molecule has 3 nitrogen and oxygen atoms in total. The lowest BCUT2D eigenvalue weighted by Crippen LogP contribution is -1.98. The third-order valence-electron chi connectivity index (χ3n) is 2.47. The summed E-state index contributed by atoms with van der Waals surface area (Å²) in [6.07, 6.45) is 0. The van der Waals surface area contributed by atoms with E-state index in [1.165, 1.54) is 0 Å². The summed E-state index contributed by atoms with van der Waals surface area (Å²) in [4.78, 5) is 1.47. The van der Waals surface area contributed by atoms with Crippen LogP contribution < -0.4 is 11.5 Å². The molecule has 0 aliphatic heterocycles. The molecule has 0 saturated heterocycles. The van der Waals surface area contributed by atoms with Crippen LogP contribution in [0.25, 0.3) is 0 Å². The fourth-order valence-corrected chi connectivity index (χ4v) is 2.88. The lowest BCUT2D eigenvalue weighted by Gasteiger charge is -2.07. The molecule has 0 aromatic heterocycles. The van der Waals surface area contributed by atoms with Gasteiger partial charge >= 0.3 is 0 Å². The second-order valence-corrected chi connectivity index (χ2v) is 5.31. The van der Waals surface area contributed by atoms with Crippen LogP contribution in [-0.2, 0) is 10.8 Å². The highest BCUT2D eigenvalue weighted by atomic mass is 32.2. The monoisotopic (exact) mass is 246 g/mol. The molecule has 0 radical (unpaired) electrons. The molecule has 2 aromatic carbocycles. The van der Waals surface area contributed by atoms with Crippen LogP contribution in [0.2, 0.25) is 0 Å². The topological polar surface area (TPSA) is 69.1 Å².